The Balaban J connectivity index is 2.37. The molecule has 1 heterocycles. The van der Waals surface area contributed by atoms with Gasteiger partial charge in [0, 0.05) is 12.1 Å². The molecule has 2 rings (SSSR count). The van der Waals surface area contributed by atoms with E-state index in [1.54, 1.807) is 0 Å². The molecule has 0 aromatic heterocycles. The average Bonchev–Trinajstić information content (AvgIpc) is 2.05. The third-order valence-electron chi connectivity index (χ3n) is 2.24. The number of fused-ring (bicyclic) bond motifs is 1. The molecule has 1 nitrogen and oxygen atoms in total. The molecule has 0 saturated carbocycles. The Kier molecular flexibility index (Phi) is 1.75. The minimum atomic E-state index is -0.861. The molecule has 12 heavy (non-hydrogen) atoms. The molecule has 2 heteroatoms. The van der Waals surface area contributed by atoms with Gasteiger partial charge in [-0.2, -0.15) is 0 Å². The van der Waals surface area contributed by atoms with E-state index in [1.165, 1.54) is 11.1 Å². The van der Waals surface area contributed by atoms with Crippen molar-refractivity contribution in [1.29, 1.82) is 0 Å². The van der Waals surface area contributed by atoms with Crippen LogP contribution in [-0.4, -0.2) is 6.30 Å². The van der Waals surface area contributed by atoms with Crippen LogP contribution >= 0.6 is 0 Å². The number of benzene rings is 1. The first-order valence-corrected chi connectivity index (χ1v) is 4.26. The summed E-state index contributed by atoms with van der Waals surface area (Å²) in [5.74, 6) is 0. The molecule has 1 aromatic rings. The summed E-state index contributed by atoms with van der Waals surface area (Å²) in [5, 5.41) is 2.82. The standard InChI is InChI=1S/C10H12FN/c1-7-2-4-9-8(6-7)3-5-10(11)12-9/h2,4,6,10,12H,3,5H2,1H3. The van der Waals surface area contributed by atoms with Gasteiger partial charge in [0.25, 0.3) is 0 Å². The number of hydrogen-bond donors (Lipinski definition) is 1. The van der Waals surface area contributed by atoms with Crippen LogP contribution in [0.3, 0.4) is 0 Å². The van der Waals surface area contributed by atoms with E-state index in [0.717, 1.165) is 12.1 Å². The molecule has 1 aromatic carbocycles. The van der Waals surface area contributed by atoms with Crippen LogP contribution in [0.4, 0.5) is 10.1 Å². The second-order valence-corrected chi connectivity index (χ2v) is 3.31. The zero-order chi connectivity index (χ0) is 8.55. The van der Waals surface area contributed by atoms with Crippen LogP contribution in [-0.2, 0) is 6.42 Å². The molecule has 0 fully saturated rings. The van der Waals surface area contributed by atoms with Crippen molar-refractivity contribution >= 4 is 5.69 Å². The number of nitrogens with one attached hydrogen (secondary N) is 1. The van der Waals surface area contributed by atoms with E-state index >= 15 is 0 Å². The van der Waals surface area contributed by atoms with Crippen molar-refractivity contribution in [2.24, 2.45) is 0 Å². The largest absolute Gasteiger partial charge is 0.356 e. The van der Waals surface area contributed by atoms with E-state index in [9.17, 15) is 4.39 Å². The molecule has 0 spiro atoms. The van der Waals surface area contributed by atoms with Gasteiger partial charge >= 0.3 is 0 Å². The molecule has 0 saturated heterocycles. The van der Waals surface area contributed by atoms with Crippen molar-refractivity contribution in [1.82, 2.24) is 0 Å². The summed E-state index contributed by atoms with van der Waals surface area (Å²) in [5.41, 5.74) is 3.44. The highest BCUT2D eigenvalue weighted by Gasteiger charge is 2.15. The van der Waals surface area contributed by atoms with Crippen molar-refractivity contribution in [2.45, 2.75) is 26.1 Å². The molecular formula is C10H12FN. The van der Waals surface area contributed by atoms with E-state index in [-0.39, 0.29) is 0 Å². The first-order valence-electron chi connectivity index (χ1n) is 4.26. The fraction of sp³-hybridized carbons (Fsp3) is 0.400. The zero-order valence-corrected chi connectivity index (χ0v) is 7.10. The first-order chi connectivity index (χ1) is 5.75. The number of aryl methyl sites for hydroxylation is 2. The van der Waals surface area contributed by atoms with Crippen molar-refractivity contribution in [3.05, 3.63) is 29.3 Å². The number of rotatable bonds is 0. The molecule has 1 N–H and O–H groups in total. The highest BCUT2D eigenvalue weighted by atomic mass is 19.1. The lowest BCUT2D eigenvalue weighted by Gasteiger charge is -2.21. The van der Waals surface area contributed by atoms with E-state index in [1.807, 2.05) is 12.1 Å². The number of halogens is 1. The van der Waals surface area contributed by atoms with Gasteiger partial charge in [-0.05, 0) is 25.0 Å². The SMILES string of the molecule is Cc1ccc2c(c1)CCC(F)N2. The lowest BCUT2D eigenvalue weighted by molar-refractivity contribution is 0.344. The molecule has 1 aliphatic heterocycles. The van der Waals surface area contributed by atoms with Gasteiger partial charge in [0.05, 0.1) is 0 Å². The third-order valence-corrected chi connectivity index (χ3v) is 2.24. The monoisotopic (exact) mass is 165 g/mol. The Morgan fingerprint density at radius 1 is 1.50 bits per heavy atom. The van der Waals surface area contributed by atoms with E-state index in [4.69, 9.17) is 0 Å². The predicted molar refractivity (Wildman–Crippen MR) is 48.0 cm³/mol. The maximum Gasteiger partial charge on any atom is 0.170 e. The molecule has 0 aliphatic carbocycles. The lowest BCUT2D eigenvalue weighted by atomic mass is 10.0. The highest BCUT2D eigenvalue weighted by Crippen LogP contribution is 2.25. The van der Waals surface area contributed by atoms with Gasteiger partial charge in [-0.1, -0.05) is 17.7 Å². The van der Waals surface area contributed by atoms with Crippen LogP contribution in [0.25, 0.3) is 0 Å². The van der Waals surface area contributed by atoms with Crippen LogP contribution in [0.15, 0.2) is 18.2 Å². The fourth-order valence-corrected chi connectivity index (χ4v) is 1.59. The predicted octanol–water partition coefficient (Wildman–Crippen LogP) is 2.65. The van der Waals surface area contributed by atoms with Crippen LogP contribution in [0.5, 0.6) is 0 Å². The minimum absolute atomic E-state index is 0.594. The Bertz CT molecular complexity index is 296. The fourth-order valence-electron chi connectivity index (χ4n) is 1.59. The Morgan fingerprint density at radius 3 is 3.17 bits per heavy atom. The van der Waals surface area contributed by atoms with E-state index < -0.39 is 6.30 Å². The van der Waals surface area contributed by atoms with Crippen LogP contribution in [0, 0.1) is 6.92 Å². The van der Waals surface area contributed by atoms with Gasteiger partial charge in [-0.25, -0.2) is 4.39 Å². The molecule has 0 radical (unpaired) electrons. The second-order valence-electron chi connectivity index (χ2n) is 3.31. The maximum atomic E-state index is 12.9. The zero-order valence-electron chi connectivity index (χ0n) is 7.10. The molecule has 1 atom stereocenters. The van der Waals surface area contributed by atoms with Crippen molar-refractivity contribution in [3.63, 3.8) is 0 Å². The van der Waals surface area contributed by atoms with Gasteiger partial charge in [-0.15, -0.1) is 0 Å². The van der Waals surface area contributed by atoms with Crippen LogP contribution < -0.4 is 5.32 Å². The van der Waals surface area contributed by atoms with Gasteiger partial charge in [0.2, 0.25) is 0 Å². The van der Waals surface area contributed by atoms with E-state index in [0.29, 0.717) is 6.42 Å². The molecule has 64 valence electrons. The summed E-state index contributed by atoms with van der Waals surface area (Å²) < 4.78 is 12.9. The molecule has 1 unspecified atom stereocenters. The summed E-state index contributed by atoms with van der Waals surface area (Å²) in [6, 6.07) is 6.08. The van der Waals surface area contributed by atoms with Gasteiger partial charge in [-0.3, -0.25) is 0 Å². The summed E-state index contributed by atoms with van der Waals surface area (Å²) in [6.07, 6.45) is 0.585. The second kappa shape index (κ2) is 2.77. The molecule has 0 bridgehead atoms. The first kappa shape index (κ1) is 7.59. The van der Waals surface area contributed by atoms with Crippen molar-refractivity contribution < 1.29 is 4.39 Å². The van der Waals surface area contributed by atoms with Crippen LogP contribution in [0.1, 0.15) is 17.5 Å². The van der Waals surface area contributed by atoms with Gasteiger partial charge in [0.15, 0.2) is 6.30 Å². The van der Waals surface area contributed by atoms with Gasteiger partial charge in [0.1, 0.15) is 0 Å². The lowest BCUT2D eigenvalue weighted by Crippen LogP contribution is -2.20. The molecular weight excluding hydrogens is 153 g/mol. The van der Waals surface area contributed by atoms with Crippen LogP contribution in [0.2, 0.25) is 0 Å². The summed E-state index contributed by atoms with van der Waals surface area (Å²) >= 11 is 0. The molecule has 0 amide bonds. The summed E-state index contributed by atoms with van der Waals surface area (Å²) in [7, 11) is 0. The maximum absolute atomic E-state index is 12.9. The highest BCUT2D eigenvalue weighted by molar-refractivity contribution is 5.54. The summed E-state index contributed by atoms with van der Waals surface area (Å²) in [4.78, 5) is 0. The Hall–Kier alpha value is -1.05. The summed E-state index contributed by atoms with van der Waals surface area (Å²) in [6.45, 7) is 2.06. The quantitative estimate of drug-likeness (QED) is 0.583. The van der Waals surface area contributed by atoms with Crippen molar-refractivity contribution in [2.75, 3.05) is 5.32 Å². The minimum Gasteiger partial charge on any atom is -0.356 e. The Morgan fingerprint density at radius 2 is 2.33 bits per heavy atom. The normalized spacial score (nSPS) is 21.3. The van der Waals surface area contributed by atoms with Crippen molar-refractivity contribution in [3.8, 4) is 0 Å². The topological polar surface area (TPSA) is 12.0 Å². The average molecular weight is 165 g/mol. The number of alkyl halides is 1. The molecule has 1 aliphatic rings. The smallest absolute Gasteiger partial charge is 0.170 e. The third kappa shape index (κ3) is 1.29. The van der Waals surface area contributed by atoms with Gasteiger partial charge < -0.3 is 5.32 Å². The Labute approximate surface area is 71.6 Å². The number of hydrogen-bond acceptors (Lipinski definition) is 1. The number of anilines is 1. The van der Waals surface area contributed by atoms with E-state index in [2.05, 4.69) is 18.3 Å².